The van der Waals surface area contributed by atoms with Crippen molar-refractivity contribution in [2.45, 2.75) is 55.2 Å². The molecule has 0 saturated heterocycles. The Hall–Kier alpha value is -2.19. The highest BCUT2D eigenvalue weighted by atomic mass is 32.2. The zero-order chi connectivity index (χ0) is 19.8. The lowest BCUT2D eigenvalue weighted by molar-refractivity contribution is 0.339. The van der Waals surface area contributed by atoms with Gasteiger partial charge < -0.3 is 4.74 Å². The molecule has 0 atom stereocenters. The van der Waals surface area contributed by atoms with E-state index in [2.05, 4.69) is 92.7 Å². The van der Waals surface area contributed by atoms with Crippen LogP contribution in [0.4, 0.5) is 0 Å². The summed E-state index contributed by atoms with van der Waals surface area (Å²) >= 11 is 1.83. The number of ether oxygens (including phenoxy) is 1. The summed E-state index contributed by atoms with van der Waals surface area (Å²) in [5, 5.41) is 0. The number of hydrogen-bond donors (Lipinski definition) is 0. The standard InChI is InChI=1S/C26H30OS/c1-4-27-23-17-15-22(16-18-23)26(2,3)19-9-11-21-10-8-14-25(20-21)28-24-12-6-5-7-13-24/h5-8,10,12-18,20H,4,9,11,19H2,1-3H3. The highest BCUT2D eigenvalue weighted by Crippen LogP contribution is 2.31. The van der Waals surface area contributed by atoms with E-state index in [0.717, 1.165) is 18.6 Å². The average molecular weight is 391 g/mol. The lowest BCUT2D eigenvalue weighted by Crippen LogP contribution is -2.17. The Morgan fingerprint density at radius 3 is 2.25 bits per heavy atom. The fraction of sp³-hybridized carbons (Fsp3) is 0.308. The Kier molecular flexibility index (Phi) is 7.22. The Morgan fingerprint density at radius 2 is 1.54 bits per heavy atom. The largest absolute Gasteiger partial charge is 0.494 e. The molecule has 0 bridgehead atoms. The summed E-state index contributed by atoms with van der Waals surface area (Å²) in [5.41, 5.74) is 2.97. The van der Waals surface area contributed by atoms with Crippen LogP contribution in [0.15, 0.2) is 88.7 Å². The molecular weight excluding hydrogens is 360 g/mol. The van der Waals surface area contributed by atoms with E-state index in [1.165, 1.54) is 27.3 Å². The summed E-state index contributed by atoms with van der Waals surface area (Å²) in [5.74, 6) is 0.954. The maximum absolute atomic E-state index is 5.56. The molecule has 0 unspecified atom stereocenters. The first-order valence-corrected chi connectivity index (χ1v) is 10.9. The van der Waals surface area contributed by atoms with Gasteiger partial charge >= 0.3 is 0 Å². The van der Waals surface area contributed by atoms with Crippen molar-refractivity contribution in [3.63, 3.8) is 0 Å². The lowest BCUT2D eigenvalue weighted by Gasteiger charge is -2.25. The second-order valence-corrected chi connectivity index (χ2v) is 8.90. The SMILES string of the molecule is CCOc1ccc(C(C)(C)CCCc2cccc(Sc3ccccc3)c2)cc1. The third-order valence-electron chi connectivity index (χ3n) is 5.09. The van der Waals surface area contributed by atoms with E-state index in [0.29, 0.717) is 6.61 Å². The van der Waals surface area contributed by atoms with Gasteiger partial charge in [0.05, 0.1) is 6.61 Å². The first-order valence-electron chi connectivity index (χ1n) is 10.1. The number of benzene rings is 3. The van der Waals surface area contributed by atoms with E-state index in [1.54, 1.807) is 0 Å². The third kappa shape index (κ3) is 5.90. The van der Waals surface area contributed by atoms with Crippen LogP contribution in [0.5, 0.6) is 5.75 Å². The Balaban J connectivity index is 1.55. The van der Waals surface area contributed by atoms with E-state index in [4.69, 9.17) is 4.74 Å². The first-order chi connectivity index (χ1) is 13.6. The van der Waals surface area contributed by atoms with Gasteiger partial charge in [-0.05, 0) is 79.1 Å². The average Bonchev–Trinajstić information content (AvgIpc) is 2.70. The van der Waals surface area contributed by atoms with E-state index in [-0.39, 0.29) is 5.41 Å². The van der Waals surface area contributed by atoms with Gasteiger partial charge in [0.15, 0.2) is 0 Å². The fourth-order valence-corrected chi connectivity index (χ4v) is 4.36. The van der Waals surface area contributed by atoms with Gasteiger partial charge in [0, 0.05) is 9.79 Å². The first kappa shape index (κ1) is 20.5. The smallest absolute Gasteiger partial charge is 0.119 e. The van der Waals surface area contributed by atoms with Gasteiger partial charge in [-0.25, -0.2) is 0 Å². The summed E-state index contributed by atoms with van der Waals surface area (Å²) in [4.78, 5) is 2.60. The van der Waals surface area contributed by atoms with Gasteiger partial charge in [-0.15, -0.1) is 0 Å². The van der Waals surface area contributed by atoms with Crippen molar-refractivity contribution in [2.24, 2.45) is 0 Å². The second kappa shape index (κ2) is 9.84. The molecule has 0 N–H and O–H groups in total. The number of aryl methyl sites for hydroxylation is 1. The van der Waals surface area contributed by atoms with Gasteiger partial charge in [-0.2, -0.15) is 0 Å². The van der Waals surface area contributed by atoms with Gasteiger partial charge in [-0.3, -0.25) is 0 Å². The Morgan fingerprint density at radius 1 is 0.821 bits per heavy atom. The molecule has 0 heterocycles. The van der Waals surface area contributed by atoms with Gasteiger partial charge in [0.1, 0.15) is 5.75 Å². The molecule has 1 nitrogen and oxygen atoms in total. The van der Waals surface area contributed by atoms with Gasteiger partial charge in [0.25, 0.3) is 0 Å². The van der Waals surface area contributed by atoms with E-state index >= 15 is 0 Å². The normalized spacial score (nSPS) is 11.4. The van der Waals surface area contributed by atoms with Crippen LogP contribution >= 0.6 is 11.8 Å². The monoisotopic (exact) mass is 390 g/mol. The molecular formula is C26H30OS. The van der Waals surface area contributed by atoms with Crippen molar-refractivity contribution < 1.29 is 4.74 Å². The maximum Gasteiger partial charge on any atom is 0.119 e. The Bertz CT molecular complexity index is 853. The highest BCUT2D eigenvalue weighted by Gasteiger charge is 2.20. The topological polar surface area (TPSA) is 9.23 Å². The van der Waals surface area contributed by atoms with Crippen molar-refractivity contribution in [1.82, 2.24) is 0 Å². The predicted octanol–water partition coefficient (Wildman–Crippen LogP) is 7.54. The fourth-order valence-electron chi connectivity index (χ4n) is 3.44. The van der Waals surface area contributed by atoms with Crippen LogP contribution in [0.25, 0.3) is 0 Å². The molecule has 3 rings (SSSR count). The molecule has 2 heteroatoms. The van der Waals surface area contributed by atoms with Crippen LogP contribution in [-0.4, -0.2) is 6.61 Å². The van der Waals surface area contributed by atoms with Crippen molar-refractivity contribution in [3.05, 3.63) is 90.0 Å². The third-order valence-corrected chi connectivity index (χ3v) is 6.09. The van der Waals surface area contributed by atoms with Crippen molar-refractivity contribution in [3.8, 4) is 5.75 Å². The molecule has 146 valence electrons. The summed E-state index contributed by atoms with van der Waals surface area (Å²) in [7, 11) is 0. The molecule has 28 heavy (non-hydrogen) atoms. The van der Waals surface area contributed by atoms with Crippen molar-refractivity contribution in [1.29, 1.82) is 0 Å². The summed E-state index contributed by atoms with van der Waals surface area (Å²) in [6.07, 6.45) is 3.46. The molecule has 3 aromatic carbocycles. The van der Waals surface area contributed by atoms with E-state index < -0.39 is 0 Å². The zero-order valence-corrected chi connectivity index (χ0v) is 18.0. The summed E-state index contributed by atoms with van der Waals surface area (Å²) in [6.45, 7) is 7.41. The molecule has 0 spiro atoms. The molecule has 0 saturated carbocycles. The molecule has 3 aromatic rings. The molecule has 0 aliphatic carbocycles. The van der Waals surface area contributed by atoms with Crippen LogP contribution in [0, 0.1) is 0 Å². The van der Waals surface area contributed by atoms with Crippen molar-refractivity contribution in [2.75, 3.05) is 6.61 Å². The summed E-state index contributed by atoms with van der Waals surface area (Å²) in [6, 6.07) is 28.1. The van der Waals surface area contributed by atoms with E-state index in [1.807, 2.05) is 18.7 Å². The Labute approximate surface area is 174 Å². The van der Waals surface area contributed by atoms with Crippen LogP contribution in [0.1, 0.15) is 44.7 Å². The minimum Gasteiger partial charge on any atom is -0.494 e. The van der Waals surface area contributed by atoms with Gasteiger partial charge in [0.2, 0.25) is 0 Å². The quantitative estimate of drug-likeness (QED) is 0.373. The second-order valence-electron chi connectivity index (χ2n) is 7.76. The molecule has 0 radical (unpaired) electrons. The zero-order valence-electron chi connectivity index (χ0n) is 17.2. The van der Waals surface area contributed by atoms with Crippen molar-refractivity contribution >= 4 is 11.8 Å². The highest BCUT2D eigenvalue weighted by molar-refractivity contribution is 7.99. The predicted molar refractivity (Wildman–Crippen MR) is 121 cm³/mol. The van der Waals surface area contributed by atoms with Gasteiger partial charge in [-0.1, -0.05) is 68.1 Å². The lowest BCUT2D eigenvalue weighted by atomic mass is 9.80. The van der Waals surface area contributed by atoms with Crippen LogP contribution in [-0.2, 0) is 11.8 Å². The maximum atomic E-state index is 5.56. The number of hydrogen-bond acceptors (Lipinski definition) is 2. The molecule has 0 aliphatic rings. The molecule has 0 aromatic heterocycles. The van der Waals surface area contributed by atoms with Crippen LogP contribution < -0.4 is 4.74 Å². The van der Waals surface area contributed by atoms with E-state index in [9.17, 15) is 0 Å². The molecule has 0 fully saturated rings. The molecule has 0 aliphatic heterocycles. The molecule has 0 amide bonds. The summed E-state index contributed by atoms with van der Waals surface area (Å²) < 4.78 is 5.56. The number of rotatable bonds is 9. The van der Waals surface area contributed by atoms with Crippen LogP contribution in [0.2, 0.25) is 0 Å². The van der Waals surface area contributed by atoms with Crippen LogP contribution in [0.3, 0.4) is 0 Å². The minimum absolute atomic E-state index is 0.168. The minimum atomic E-state index is 0.168.